The molecule has 0 aromatic carbocycles. The maximum atomic E-state index is 12.9. The first kappa shape index (κ1) is 76.8. The zero-order valence-corrected chi connectivity index (χ0v) is 52.7. The van der Waals surface area contributed by atoms with Gasteiger partial charge in [0.15, 0.2) is 6.10 Å². The van der Waals surface area contributed by atoms with Gasteiger partial charge in [-0.3, -0.25) is 14.4 Å². The molecular weight excluding hydrogens is 1010 g/mol. The van der Waals surface area contributed by atoms with E-state index in [1.807, 2.05) is 0 Å². The van der Waals surface area contributed by atoms with Crippen LogP contribution in [-0.2, 0) is 28.6 Å². The van der Waals surface area contributed by atoms with Gasteiger partial charge in [0, 0.05) is 19.3 Å². The fraction of sp³-hybridized carbons (Fsp3) is 0.592. The normalized spacial score (nSPS) is 13.3. The Bertz CT molecular complexity index is 1870. The number of rotatable bonds is 58. The minimum Gasteiger partial charge on any atom is -0.462 e. The van der Waals surface area contributed by atoms with Crippen LogP contribution in [0.15, 0.2) is 170 Å². The summed E-state index contributed by atoms with van der Waals surface area (Å²) < 4.78 is 16.9. The van der Waals surface area contributed by atoms with E-state index in [0.29, 0.717) is 19.3 Å². The largest absolute Gasteiger partial charge is 0.462 e. The number of esters is 3. The van der Waals surface area contributed by atoms with Gasteiger partial charge in [0.2, 0.25) is 0 Å². The quantitative estimate of drug-likeness (QED) is 0.0261. The Kier molecular flexibility index (Phi) is 63.9. The summed E-state index contributed by atoms with van der Waals surface area (Å²) >= 11 is 0. The summed E-state index contributed by atoms with van der Waals surface area (Å²) in [4.78, 5) is 38.2. The number of unbranched alkanes of at least 4 members (excludes halogenated alkanes) is 19. The molecule has 6 nitrogen and oxygen atoms in total. The average Bonchev–Trinajstić information content (AvgIpc) is 3.48. The maximum Gasteiger partial charge on any atom is 0.306 e. The van der Waals surface area contributed by atoms with Crippen molar-refractivity contribution in [3.63, 3.8) is 0 Å². The summed E-state index contributed by atoms with van der Waals surface area (Å²) in [5, 5.41) is 0. The number of ether oxygens (including phenoxy) is 3. The van der Waals surface area contributed by atoms with Crippen LogP contribution in [0, 0.1) is 0 Å². The Hall–Kier alpha value is -5.23. The Balaban J connectivity index is 4.32. The molecule has 0 heterocycles. The van der Waals surface area contributed by atoms with E-state index in [1.165, 1.54) is 57.8 Å². The van der Waals surface area contributed by atoms with Crippen LogP contribution in [-0.4, -0.2) is 37.2 Å². The lowest BCUT2D eigenvalue weighted by atomic mass is 10.1. The second-order valence-corrected chi connectivity index (χ2v) is 21.3. The van der Waals surface area contributed by atoms with Gasteiger partial charge in [-0.25, -0.2) is 0 Å². The van der Waals surface area contributed by atoms with E-state index < -0.39 is 6.10 Å². The molecular formula is C76H120O6. The highest BCUT2D eigenvalue weighted by Crippen LogP contribution is 2.14. The Morgan fingerprint density at radius 1 is 0.256 bits per heavy atom. The predicted molar refractivity (Wildman–Crippen MR) is 357 cm³/mol. The van der Waals surface area contributed by atoms with E-state index >= 15 is 0 Å². The number of carbonyl (C=O) groups is 3. The van der Waals surface area contributed by atoms with Crippen LogP contribution < -0.4 is 0 Å². The molecule has 6 heteroatoms. The van der Waals surface area contributed by atoms with Crippen LogP contribution in [0.4, 0.5) is 0 Å². The van der Waals surface area contributed by atoms with E-state index in [2.05, 4.69) is 191 Å². The summed E-state index contributed by atoms with van der Waals surface area (Å²) in [6.45, 7) is 6.36. The molecule has 0 spiro atoms. The van der Waals surface area contributed by atoms with Crippen molar-refractivity contribution in [3.8, 4) is 0 Å². The first-order valence-electron chi connectivity index (χ1n) is 33.1. The van der Waals surface area contributed by atoms with Gasteiger partial charge in [0.05, 0.1) is 0 Å². The van der Waals surface area contributed by atoms with Crippen molar-refractivity contribution >= 4 is 17.9 Å². The summed E-state index contributed by atoms with van der Waals surface area (Å²) in [5.41, 5.74) is 0. The van der Waals surface area contributed by atoms with Crippen molar-refractivity contribution in [2.45, 2.75) is 277 Å². The predicted octanol–water partition coefficient (Wildman–Crippen LogP) is 23.0. The van der Waals surface area contributed by atoms with Crippen molar-refractivity contribution in [1.29, 1.82) is 0 Å². The molecule has 0 saturated heterocycles. The fourth-order valence-electron chi connectivity index (χ4n) is 8.58. The molecule has 0 rings (SSSR count). The monoisotopic (exact) mass is 1130 g/mol. The minimum absolute atomic E-state index is 0.0968. The number of hydrogen-bond acceptors (Lipinski definition) is 6. The first-order chi connectivity index (χ1) is 40.5. The third kappa shape index (κ3) is 65.6. The standard InChI is InChI=1S/C76H120O6/c1-4-7-10-13-16-19-22-24-26-28-30-31-32-33-34-35-36-37-38-39-40-41-42-43-44-45-47-48-50-52-54-57-60-63-66-69-75(78)81-72-73(71-80-74(77)68-65-62-59-56-21-18-15-12-9-6-3)82-76(79)70-67-64-61-58-55-53-51-49-46-29-27-25-23-20-17-14-11-8-5-2/h7-8,10-11,16-17,19-20,24-27,30-31,33-34,36-37,39-40,42-43,45-47,49-50,52,73H,4-6,9,12-15,18,21-23,28-29,32,35,38,41,44,48,51,53-72H2,1-3H3/b10-7-,11-8-,19-16-,20-17-,26-24-,27-25-,31-30-,34-33-,37-36-,40-39-,43-42-,47-45-,49-46-,52-50-. The Morgan fingerprint density at radius 3 is 0.744 bits per heavy atom. The molecule has 460 valence electrons. The van der Waals surface area contributed by atoms with Crippen LogP contribution in [0.1, 0.15) is 271 Å². The molecule has 0 amide bonds. The summed E-state index contributed by atoms with van der Waals surface area (Å²) in [6, 6.07) is 0. The van der Waals surface area contributed by atoms with Crippen LogP contribution >= 0.6 is 0 Å². The number of carbonyl (C=O) groups excluding carboxylic acids is 3. The van der Waals surface area contributed by atoms with E-state index in [9.17, 15) is 14.4 Å². The van der Waals surface area contributed by atoms with Gasteiger partial charge in [-0.05, 0) is 135 Å². The highest BCUT2D eigenvalue weighted by atomic mass is 16.6. The van der Waals surface area contributed by atoms with Gasteiger partial charge in [0.1, 0.15) is 13.2 Å². The first-order valence-corrected chi connectivity index (χ1v) is 33.1. The van der Waals surface area contributed by atoms with Gasteiger partial charge in [-0.15, -0.1) is 0 Å². The smallest absolute Gasteiger partial charge is 0.306 e. The van der Waals surface area contributed by atoms with E-state index in [-0.39, 0.29) is 31.1 Å². The molecule has 0 radical (unpaired) electrons. The lowest BCUT2D eigenvalue weighted by molar-refractivity contribution is -0.167. The van der Waals surface area contributed by atoms with E-state index in [0.717, 1.165) is 173 Å². The van der Waals surface area contributed by atoms with Crippen LogP contribution in [0.5, 0.6) is 0 Å². The molecule has 0 aliphatic rings. The maximum absolute atomic E-state index is 12.9. The molecule has 1 unspecified atom stereocenters. The zero-order chi connectivity index (χ0) is 59.2. The van der Waals surface area contributed by atoms with E-state index in [1.54, 1.807) is 0 Å². The van der Waals surface area contributed by atoms with Gasteiger partial charge in [0.25, 0.3) is 0 Å². The molecule has 0 aromatic heterocycles. The molecule has 1 atom stereocenters. The second kappa shape index (κ2) is 68.3. The lowest BCUT2D eigenvalue weighted by Crippen LogP contribution is -2.30. The zero-order valence-electron chi connectivity index (χ0n) is 52.7. The molecule has 0 aromatic rings. The van der Waals surface area contributed by atoms with Crippen molar-refractivity contribution in [3.05, 3.63) is 170 Å². The summed E-state index contributed by atoms with van der Waals surface area (Å²) in [6.07, 6.45) is 101. The second-order valence-electron chi connectivity index (χ2n) is 21.3. The third-order valence-electron chi connectivity index (χ3n) is 13.5. The molecule has 0 aliphatic heterocycles. The van der Waals surface area contributed by atoms with Crippen molar-refractivity contribution in [2.24, 2.45) is 0 Å². The summed E-state index contributed by atoms with van der Waals surface area (Å²) in [7, 11) is 0. The SMILES string of the molecule is CC/C=C\C/C=C\C/C=C\C/C=C\C/C=C\C/C=C\C/C=C\C/C=C\C/C=C\C/C=C\CCCCCCC(=O)OCC(COC(=O)CCCCCCCCCCCC)OC(=O)CCCCCCCC/C=C\C/C=C\C/C=C\C/C=C\CC. The van der Waals surface area contributed by atoms with Gasteiger partial charge in [-0.1, -0.05) is 287 Å². The third-order valence-corrected chi connectivity index (χ3v) is 13.5. The van der Waals surface area contributed by atoms with E-state index in [4.69, 9.17) is 14.2 Å². The van der Waals surface area contributed by atoms with Crippen molar-refractivity contribution in [2.75, 3.05) is 13.2 Å². The Labute approximate surface area is 504 Å². The van der Waals surface area contributed by atoms with Gasteiger partial charge < -0.3 is 14.2 Å². The van der Waals surface area contributed by atoms with Crippen molar-refractivity contribution in [1.82, 2.24) is 0 Å². The topological polar surface area (TPSA) is 78.9 Å². The molecule has 82 heavy (non-hydrogen) atoms. The van der Waals surface area contributed by atoms with Crippen LogP contribution in [0.25, 0.3) is 0 Å². The van der Waals surface area contributed by atoms with Gasteiger partial charge in [-0.2, -0.15) is 0 Å². The van der Waals surface area contributed by atoms with Crippen LogP contribution in [0.3, 0.4) is 0 Å². The highest BCUT2D eigenvalue weighted by Gasteiger charge is 2.19. The fourth-order valence-corrected chi connectivity index (χ4v) is 8.58. The summed E-state index contributed by atoms with van der Waals surface area (Å²) in [5.74, 6) is -0.942. The van der Waals surface area contributed by atoms with Gasteiger partial charge >= 0.3 is 17.9 Å². The number of hydrogen-bond donors (Lipinski definition) is 0. The average molecular weight is 1130 g/mol. The molecule has 0 bridgehead atoms. The lowest BCUT2D eigenvalue weighted by Gasteiger charge is -2.18. The molecule has 0 N–H and O–H groups in total. The molecule has 0 saturated carbocycles. The highest BCUT2D eigenvalue weighted by molar-refractivity contribution is 5.71. The minimum atomic E-state index is -0.803. The molecule has 0 aliphatic carbocycles. The number of allylic oxidation sites excluding steroid dienone is 28. The Morgan fingerprint density at radius 2 is 0.476 bits per heavy atom. The molecule has 0 fully saturated rings. The van der Waals surface area contributed by atoms with Crippen LogP contribution in [0.2, 0.25) is 0 Å². The van der Waals surface area contributed by atoms with Crippen molar-refractivity contribution < 1.29 is 28.6 Å².